The molecule has 9 nitrogen and oxygen atoms in total. The zero-order chi connectivity index (χ0) is 31.7. The van der Waals surface area contributed by atoms with Gasteiger partial charge in [0.25, 0.3) is 0 Å². The fourth-order valence-electron chi connectivity index (χ4n) is 5.97. The van der Waals surface area contributed by atoms with E-state index in [0.717, 1.165) is 48.8 Å². The molecule has 3 aromatic rings. The molecule has 0 bridgehead atoms. The Balaban J connectivity index is 1.55. The topological polar surface area (TPSA) is 130 Å². The average molecular weight is 604 g/mol. The maximum Gasteiger partial charge on any atom is 0.329 e. The van der Waals surface area contributed by atoms with E-state index >= 15 is 0 Å². The SMILES string of the molecule is C[C@@H](c1c[nH]c2ccccc12)[C@H](NC(=O)C1CCCN(Cc2ccccc2)C1)C(=O)N[C@@H](CCCCN)C(=O)OC(C)(C)C. The monoisotopic (exact) mass is 603 g/mol. The highest BCUT2D eigenvalue weighted by Gasteiger charge is 2.36. The summed E-state index contributed by atoms with van der Waals surface area (Å²) in [6.07, 6.45) is 5.35. The maximum absolute atomic E-state index is 14.1. The molecule has 5 N–H and O–H groups in total. The molecular weight excluding hydrogens is 554 g/mol. The highest BCUT2D eigenvalue weighted by Crippen LogP contribution is 2.29. The van der Waals surface area contributed by atoms with Crippen molar-refractivity contribution < 1.29 is 19.1 Å². The number of rotatable bonds is 13. The molecule has 1 saturated heterocycles. The van der Waals surface area contributed by atoms with E-state index < -0.39 is 29.6 Å². The van der Waals surface area contributed by atoms with Crippen LogP contribution in [0.3, 0.4) is 0 Å². The lowest BCUT2D eigenvalue weighted by molar-refractivity contribution is -0.159. The number of nitrogens with two attached hydrogens (primary N) is 1. The Bertz CT molecular complexity index is 1380. The van der Waals surface area contributed by atoms with Gasteiger partial charge in [0.2, 0.25) is 11.8 Å². The first kappa shape index (κ1) is 33.2. The molecule has 2 amide bonds. The standard InChI is InChI=1S/C35H49N5O4/c1-24(28-21-37-29-17-9-8-16-27(28)29)31(33(42)38-30(18-10-11-19-36)34(43)44-35(2,3)4)39-32(41)26-15-12-20-40(23-26)22-25-13-6-5-7-14-25/h5-9,13-14,16-17,21,24,26,30-31,37H,10-12,15,18-20,22-23,36H2,1-4H3,(H,38,42)(H,39,41)/t24-,26?,30-,31-/m0/s1. The average Bonchev–Trinajstić information content (AvgIpc) is 3.43. The van der Waals surface area contributed by atoms with Gasteiger partial charge in [-0.25, -0.2) is 4.79 Å². The number of hydrogen-bond acceptors (Lipinski definition) is 6. The summed E-state index contributed by atoms with van der Waals surface area (Å²) < 4.78 is 5.66. The van der Waals surface area contributed by atoms with Gasteiger partial charge in [0.1, 0.15) is 17.7 Å². The predicted molar refractivity (Wildman–Crippen MR) is 174 cm³/mol. The van der Waals surface area contributed by atoms with Gasteiger partial charge >= 0.3 is 5.97 Å². The number of H-pyrrole nitrogens is 1. The third kappa shape index (κ3) is 9.16. The zero-order valence-corrected chi connectivity index (χ0v) is 26.6. The number of ether oxygens (including phenoxy) is 1. The van der Waals surface area contributed by atoms with Crippen LogP contribution >= 0.6 is 0 Å². The summed E-state index contributed by atoms with van der Waals surface area (Å²) in [6.45, 7) is 10.2. The molecule has 1 aliphatic heterocycles. The Kier molecular flexibility index (Phi) is 11.6. The number of likely N-dealkylation sites (tertiary alicyclic amines) is 1. The molecular formula is C35H49N5O4. The molecule has 44 heavy (non-hydrogen) atoms. The quantitative estimate of drug-likeness (QED) is 0.167. The van der Waals surface area contributed by atoms with E-state index in [0.29, 0.717) is 25.9 Å². The molecule has 1 aromatic heterocycles. The molecule has 238 valence electrons. The number of benzene rings is 2. The van der Waals surface area contributed by atoms with Crippen LogP contribution in [0.25, 0.3) is 10.9 Å². The van der Waals surface area contributed by atoms with Crippen molar-refractivity contribution in [2.75, 3.05) is 19.6 Å². The number of piperidine rings is 1. The Labute approximate surface area is 261 Å². The van der Waals surface area contributed by atoms with Gasteiger partial charge in [-0.2, -0.15) is 0 Å². The van der Waals surface area contributed by atoms with Crippen molar-refractivity contribution in [2.45, 2.75) is 89.9 Å². The lowest BCUT2D eigenvalue weighted by atomic mass is 9.90. The van der Waals surface area contributed by atoms with Crippen LogP contribution in [-0.4, -0.2) is 65.0 Å². The van der Waals surface area contributed by atoms with E-state index in [1.807, 2.05) is 55.6 Å². The summed E-state index contributed by atoms with van der Waals surface area (Å²) in [4.78, 5) is 46.7. The molecule has 4 atom stereocenters. The van der Waals surface area contributed by atoms with Crippen LogP contribution < -0.4 is 16.4 Å². The summed E-state index contributed by atoms with van der Waals surface area (Å²) in [6, 6.07) is 16.4. The van der Waals surface area contributed by atoms with Gasteiger partial charge < -0.3 is 26.1 Å². The number of aromatic nitrogens is 1. The highest BCUT2D eigenvalue weighted by molar-refractivity contribution is 5.93. The number of hydrogen-bond donors (Lipinski definition) is 4. The highest BCUT2D eigenvalue weighted by atomic mass is 16.6. The number of esters is 1. The van der Waals surface area contributed by atoms with Crippen molar-refractivity contribution in [3.63, 3.8) is 0 Å². The van der Waals surface area contributed by atoms with Gasteiger partial charge in [0.05, 0.1) is 5.92 Å². The largest absolute Gasteiger partial charge is 0.458 e. The van der Waals surface area contributed by atoms with Crippen LogP contribution in [0, 0.1) is 5.92 Å². The first-order valence-electron chi connectivity index (χ1n) is 15.9. The lowest BCUT2D eigenvalue weighted by Gasteiger charge is -2.34. The van der Waals surface area contributed by atoms with Crippen LogP contribution in [-0.2, 0) is 25.7 Å². The van der Waals surface area contributed by atoms with E-state index in [-0.39, 0.29) is 17.7 Å². The number of unbranched alkanes of at least 4 members (excludes halogenated alkanes) is 1. The molecule has 4 rings (SSSR count). The first-order valence-corrected chi connectivity index (χ1v) is 15.9. The van der Waals surface area contributed by atoms with Crippen molar-refractivity contribution in [1.82, 2.24) is 20.5 Å². The Morgan fingerprint density at radius 2 is 1.77 bits per heavy atom. The summed E-state index contributed by atoms with van der Waals surface area (Å²) in [7, 11) is 0. The Hall–Kier alpha value is -3.69. The third-order valence-electron chi connectivity index (χ3n) is 8.27. The molecule has 2 heterocycles. The second-order valence-corrected chi connectivity index (χ2v) is 13.0. The van der Waals surface area contributed by atoms with Crippen LogP contribution in [0.4, 0.5) is 0 Å². The fraction of sp³-hybridized carbons (Fsp3) is 0.514. The fourth-order valence-corrected chi connectivity index (χ4v) is 5.97. The van der Waals surface area contributed by atoms with Crippen molar-refractivity contribution in [3.05, 3.63) is 71.9 Å². The number of fused-ring (bicyclic) bond motifs is 1. The summed E-state index contributed by atoms with van der Waals surface area (Å²) in [5.41, 5.74) is 8.09. The summed E-state index contributed by atoms with van der Waals surface area (Å²) >= 11 is 0. The second-order valence-electron chi connectivity index (χ2n) is 13.0. The van der Waals surface area contributed by atoms with Crippen LogP contribution in [0.15, 0.2) is 60.8 Å². The third-order valence-corrected chi connectivity index (χ3v) is 8.27. The van der Waals surface area contributed by atoms with Gasteiger partial charge in [-0.15, -0.1) is 0 Å². The second kappa shape index (κ2) is 15.3. The number of nitrogens with one attached hydrogen (secondary N) is 3. The van der Waals surface area contributed by atoms with Gasteiger partial charge in [-0.1, -0.05) is 55.5 Å². The molecule has 0 aliphatic carbocycles. The normalized spacial score (nSPS) is 17.9. The molecule has 1 unspecified atom stereocenters. The van der Waals surface area contributed by atoms with Crippen LogP contribution in [0.2, 0.25) is 0 Å². The van der Waals surface area contributed by atoms with E-state index in [9.17, 15) is 14.4 Å². The number of nitrogens with zero attached hydrogens (tertiary/aromatic N) is 1. The number of carbonyl (C=O) groups is 3. The van der Waals surface area contributed by atoms with Gasteiger partial charge in [0.15, 0.2) is 0 Å². The Morgan fingerprint density at radius 1 is 1.05 bits per heavy atom. The Morgan fingerprint density at radius 3 is 2.50 bits per heavy atom. The maximum atomic E-state index is 14.1. The molecule has 2 aromatic carbocycles. The van der Waals surface area contributed by atoms with Crippen molar-refractivity contribution in [2.24, 2.45) is 11.7 Å². The number of aromatic amines is 1. The van der Waals surface area contributed by atoms with E-state index in [1.54, 1.807) is 20.8 Å². The van der Waals surface area contributed by atoms with E-state index in [1.165, 1.54) is 5.56 Å². The van der Waals surface area contributed by atoms with Gasteiger partial charge in [-0.3, -0.25) is 14.5 Å². The van der Waals surface area contributed by atoms with Crippen molar-refractivity contribution in [3.8, 4) is 0 Å². The van der Waals surface area contributed by atoms with Crippen molar-refractivity contribution >= 4 is 28.7 Å². The summed E-state index contributed by atoms with van der Waals surface area (Å²) in [5, 5.41) is 7.06. The smallest absolute Gasteiger partial charge is 0.329 e. The number of carbonyl (C=O) groups excluding carboxylic acids is 3. The van der Waals surface area contributed by atoms with Gasteiger partial charge in [0, 0.05) is 36.1 Å². The zero-order valence-electron chi connectivity index (χ0n) is 26.6. The predicted octanol–water partition coefficient (Wildman–Crippen LogP) is 4.62. The lowest BCUT2D eigenvalue weighted by Crippen LogP contribution is -2.56. The minimum Gasteiger partial charge on any atom is -0.458 e. The summed E-state index contributed by atoms with van der Waals surface area (Å²) in [5.74, 6) is -1.66. The molecule has 9 heteroatoms. The minimum absolute atomic E-state index is 0.147. The van der Waals surface area contributed by atoms with Crippen molar-refractivity contribution in [1.29, 1.82) is 0 Å². The van der Waals surface area contributed by atoms with Gasteiger partial charge in [-0.05, 0) is 83.2 Å². The molecule has 0 spiro atoms. The first-order chi connectivity index (χ1) is 21.1. The van der Waals surface area contributed by atoms with Crippen LogP contribution in [0.1, 0.15) is 76.8 Å². The molecule has 1 aliphatic rings. The molecule has 0 saturated carbocycles. The van der Waals surface area contributed by atoms with Crippen LogP contribution in [0.5, 0.6) is 0 Å². The number of amides is 2. The minimum atomic E-state index is -0.898. The molecule has 0 radical (unpaired) electrons. The van der Waals surface area contributed by atoms with E-state index in [2.05, 4.69) is 32.7 Å². The molecule has 1 fully saturated rings. The van der Waals surface area contributed by atoms with E-state index in [4.69, 9.17) is 10.5 Å². The number of para-hydroxylation sites is 1.